The summed E-state index contributed by atoms with van der Waals surface area (Å²) in [6.07, 6.45) is 2.45. The van der Waals surface area contributed by atoms with E-state index in [0.717, 1.165) is 6.54 Å². The standard InChI is InChI=1S/C19H23N3O3S.ClH/c1-14-7-10-17(21-19(23)13-20-12-15-8-9-15)11-18(14)26(24,25)22-16-5-3-2-4-6-16;/h2-7,10-11,15,20,22H,8-9,12-13H2,1H3,(H,21,23);1H. The average Bonchev–Trinajstić information content (AvgIpc) is 3.41. The van der Waals surface area contributed by atoms with Crippen LogP contribution in [0.15, 0.2) is 53.4 Å². The molecule has 3 rings (SSSR count). The van der Waals surface area contributed by atoms with E-state index in [9.17, 15) is 13.2 Å². The lowest BCUT2D eigenvalue weighted by molar-refractivity contribution is -0.115. The highest BCUT2D eigenvalue weighted by atomic mass is 35.5. The number of aryl methyl sites for hydroxylation is 1. The summed E-state index contributed by atoms with van der Waals surface area (Å²) < 4.78 is 27.9. The van der Waals surface area contributed by atoms with Gasteiger partial charge in [-0.25, -0.2) is 8.42 Å². The molecule has 0 unspecified atom stereocenters. The van der Waals surface area contributed by atoms with Crippen LogP contribution in [-0.4, -0.2) is 27.4 Å². The Morgan fingerprint density at radius 1 is 1.07 bits per heavy atom. The highest BCUT2D eigenvalue weighted by Gasteiger charge is 2.21. The highest BCUT2D eigenvalue weighted by molar-refractivity contribution is 7.92. The first kappa shape index (κ1) is 21.2. The molecular formula is C19H24ClN3O3S. The fraction of sp³-hybridized carbons (Fsp3) is 0.316. The Balaban J connectivity index is 0.00000261. The molecule has 6 nitrogen and oxygen atoms in total. The van der Waals surface area contributed by atoms with Crippen molar-refractivity contribution in [3.8, 4) is 0 Å². The fourth-order valence-corrected chi connectivity index (χ4v) is 3.93. The predicted molar refractivity (Wildman–Crippen MR) is 110 cm³/mol. The van der Waals surface area contributed by atoms with Gasteiger partial charge >= 0.3 is 0 Å². The SMILES string of the molecule is Cc1ccc(NC(=O)CNCC2CC2)cc1S(=O)(=O)Nc1ccccc1.Cl. The molecule has 0 saturated heterocycles. The predicted octanol–water partition coefficient (Wildman–Crippen LogP) is 3.16. The van der Waals surface area contributed by atoms with Crippen LogP contribution in [0.1, 0.15) is 18.4 Å². The first-order valence-corrected chi connectivity index (χ1v) is 10.1. The van der Waals surface area contributed by atoms with E-state index in [1.807, 2.05) is 6.07 Å². The number of hydrogen-bond donors (Lipinski definition) is 3. The number of hydrogen-bond acceptors (Lipinski definition) is 4. The topological polar surface area (TPSA) is 87.3 Å². The van der Waals surface area contributed by atoms with Crippen LogP contribution in [0, 0.1) is 12.8 Å². The second kappa shape index (κ2) is 9.21. The summed E-state index contributed by atoms with van der Waals surface area (Å²) in [5.41, 5.74) is 1.56. The van der Waals surface area contributed by atoms with Crippen LogP contribution < -0.4 is 15.4 Å². The molecule has 0 atom stereocenters. The first-order chi connectivity index (χ1) is 12.4. The molecule has 146 valence electrons. The summed E-state index contributed by atoms with van der Waals surface area (Å²) >= 11 is 0. The molecule has 8 heteroatoms. The van der Waals surface area contributed by atoms with Crippen LogP contribution in [0.5, 0.6) is 0 Å². The van der Waals surface area contributed by atoms with Crippen molar-refractivity contribution in [3.05, 3.63) is 54.1 Å². The van der Waals surface area contributed by atoms with E-state index in [-0.39, 0.29) is 29.8 Å². The Kier molecular flexibility index (Phi) is 7.24. The van der Waals surface area contributed by atoms with Crippen molar-refractivity contribution in [1.82, 2.24) is 5.32 Å². The summed E-state index contributed by atoms with van der Waals surface area (Å²) in [6, 6.07) is 13.6. The highest BCUT2D eigenvalue weighted by Crippen LogP contribution is 2.27. The number of carbonyl (C=O) groups is 1. The van der Waals surface area contributed by atoms with Crippen LogP contribution in [0.2, 0.25) is 0 Å². The molecule has 0 aromatic heterocycles. The molecule has 0 bridgehead atoms. The van der Waals surface area contributed by atoms with Crippen molar-refractivity contribution in [1.29, 1.82) is 0 Å². The summed E-state index contributed by atoms with van der Waals surface area (Å²) in [7, 11) is -3.74. The van der Waals surface area contributed by atoms with E-state index in [1.165, 1.54) is 18.9 Å². The lowest BCUT2D eigenvalue weighted by Crippen LogP contribution is -2.29. The lowest BCUT2D eigenvalue weighted by atomic mass is 10.2. The third kappa shape index (κ3) is 6.23. The number of nitrogens with one attached hydrogen (secondary N) is 3. The van der Waals surface area contributed by atoms with Gasteiger partial charge in [0.2, 0.25) is 5.91 Å². The minimum atomic E-state index is -3.74. The normalized spacial score (nSPS) is 13.5. The van der Waals surface area contributed by atoms with Crippen molar-refractivity contribution in [2.75, 3.05) is 23.1 Å². The quantitative estimate of drug-likeness (QED) is 0.625. The van der Waals surface area contributed by atoms with Gasteiger partial charge in [-0.3, -0.25) is 9.52 Å². The van der Waals surface area contributed by atoms with E-state index in [4.69, 9.17) is 0 Å². The maximum absolute atomic E-state index is 12.7. The van der Waals surface area contributed by atoms with E-state index in [0.29, 0.717) is 22.9 Å². The summed E-state index contributed by atoms with van der Waals surface area (Å²) in [5.74, 6) is 0.511. The van der Waals surface area contributed by atoms with Gasteiger partial charge in [0.15, 0.2) is 0 Å². The number of halogens is 1. The molecule has 27 heavy (non-hydrogen) atoms. The van der Waals surface area contributed by atoms with E-state index >= 15 is 0 Å². The van der Waals surface area contributed by atoms with Gasteiger partial charge in [0.05, 0.1) is 11.4 Å². The summed E-state index contributed by atoms with van der Waals surface area (Å²) in [6.45, 7) is 2.79. The Bertz CT molecular complexity index is 884. The zero-order valence-corrected chi connectivity index (χ0v) is 16.7. The largest absolute Gasteiger partial charge is 0.325 e. The molecular weight excluding hydrogens is 386 g/mol. The third-order valence-electron chi connectivity index (χ3n) is 4.20. The lowest BCUT2D eigenvalue weighted by Gasteiger charge is -2.13. The van der Waals surface area contributed by atoms with Crippen molar-refractivity contribution in [2.24, 2.45) is 5.92 Å². The molecule has 0 spiro atoms. The van der Waals surface area contributed by atoms with Gasteiger partial charge in [-0.05, 0) is 62.1 Å². The maximum atomic E-state index is 12.7. The zero-order valence-electron chi connectivity index (χ0n) is 15.1. The summed E-state index contributed by atoms with van der Waals surface area (Å²) in [4.78, 5) is 12.2. The van der Waals surface area contributed by atoms with Gasteiger partial charge in [-0.2, -0.15) is 0 Å². The van der Waals surface area contributed by atoms with Gasteiger partial charge < -0.3 is 10.6 Å². The molecule has 1 fully saturated rings. The van der Waals surface area contributed by atoms with Gasteiger partial charge in [0, 0.05) is 11.4 Å². The van der Waals surface area contributed by atoms with E-state index in [1.54, 1.807) is 43.3 Å². The fourth-order valence-electron chi connectivity index (χ4n) is 2.60. The van der Waals surface area contributed by atoms with E-state index < -0.39 is 10.0 Å². The molecule has 0 heterocycles. The number of amides is 1. The zero-order chi connectivity index (χ0) is 18.6. The van der Waals surface area contributed by atoms with Crippen LogP contribution in [0.3, 0.4) is 0 Å². The van der Waals surface area contributed by atoms with Crippen molar-refractivity contribution in [3.63, 3.8) is 0 Å². The number of carbonyl (C=O) groups excluding carboxylic acids is 1. The monoisotopic (exact) mass is 409 g/mol. The Morgan fingerprint density at radius 2 is 1.78 bits per heavy atom. The third-order valence-corrected chi connectivity index (χ3v) is 5.73. The number of para-hydroxylation sites is 1. The number of rotatable bonds is 8. The molecule has 2 aromatic carbocycles. The van der Waals surface area contributed by atoms with Crippen LogP contribution >= 0.6 is 12.4 Å². The van der Waals surface area contributed by atoms with Crippen molar-refractivity contribution >= 4 is 39.7 Å². The minimum absolute atomic E-state index is 0. The molecule has 1 saturated carbocycles. The van der Waals surface area contributed by atoms with Crippen molar-refractivity contribution in [2.45, 2.75) is 24.7 Å². The number of benzene rings is 2. The first-order valence-electron chi connectivity index (χ1n) is 8.63. The molecule has 0 radical (unpaired) electrons. The Labute approximate surface area is 166 Å². The van der Waals surface area contributed by atoms with Crippen LogP contribution in [0.25, 0.3) is 0 Å². The summed E-state index contributed by atoms with van der Waals surface area (Å²) in [5, 5.41) is 5.86. The van der Waals surface area contributed by atoms with Crippen LogP contribution in [-0.2, 0) is 14.8 Å². The second-order valence-corrected chi connectivity index (χ2v) is 8.23. The van der Waals surface area contributed by atoms with Gasteiger partial charge in [-0.1, -0.05) is 24.3 Å². The number of sulfonamides is 1. The molecule has 1 aliphatic carbocycles. The van der Waals surface area contributed by atoms with Crippen LogP contribution in [0.4, 0.5) is 11.4 Å². The molecule has 2 aromatic rings. The Morgan fingerprint density at radius 3 is 2.44 bits per heavy atom. The Hall–Kier alpha value is -2.09. The smallest absolute Gasteiger partial charge is 0.262 e. The van der Waals surface area contributed by atoms with Gasteiger partial charge in [0.1, 0.15) is 0 Å². The average molecular weight is 410 g/mol. The molecule has 1 amide bonds. The van der Waals surface area contributed by atoms with Gasteiger partial charge in [-0.15, -0.1) is 12.4 Å². The van der Waals surface area contributed by atoms with E-state index in [2.05, 4.69) is 15.4 Å². The van der Waals surface area contributed by atoms with Crippen molar-refractivity contribution < 1.29 is 13.2 Å². The number of anilines is 2. The minimum Gasteiger partial charge on any atom is -0.325 e. The molecule has 1 aliphatic rings. The second-order valence-electron chi connectivity index (χ2n) is 6.57. The molecule has 0 aliphatic heterocycles. The molecule has 3 N–H and O–H groups in total. The maximum Gasteiger partial charge on any atom is 0.262 e. The van der Waals surface area contributed by atoms with Gasteiger partial charge in [0.25, 0.3) is 10.0 Å².